The van der Waals surface area contributed by atoms with Crippen LogP contribution in [0, 0.1) is 0 Å². The van der Waals surface area contributed by atoms with Crippen molar-refractivity contribution >= 4 is 21.3 Å². The van der Waals surface area contributed by atoms with Gasteiger partial charge in [0.1, 0.15) is 0 Å². The maximum atomic E-state index is 11.4. The third kappa shape index (κ3) is 3.18. The lowest BCUT2D eigenvalue weighted by molar-refractivity contribution is 0.100. The minimum absolute atomic E-state index is 0.362. The van der Waals surface area contributed by atoms with Gasteiger partial charge in [-0.1, -0.05) is 6.07 Å². The molecule has 1 aromatic rings. The summed E-state index contributed by atoms with van der Waals surface area (Å²) < 4.78 is 14.8. The smallest absolute Gasteiger partial charge is 0.285 e. The summed E-state index contributed by atoms with van der Waals surface area (Å²) in [5, 5.41) is 0. The van der Waals surface area contributed by atoms with Crippen LogP contribution in [0.1, 0.15) is 10.4 Å². The Bertz CT molecular complexity index is 465. The van der Waals surface area contributed by atoms with Gasteiger partial charge in [0.2, 0.25) is 0 Å². The monoisotopic (exact) mass is 212 g/mol. The van der Waals surface area contributed by atoms with Crippen LogP contribution in [0.3, 0.4) is 0 Å². The normalized spacial score (nSPS) is 11.0. The van der Waals surface area contributed by atoms with E-state index in [9.17, 15) is 9.00 Å². The molecule has 0 bridgehead atoms. The lowest BCUT2D eigenvalue weighted by atomic mass is 10.2. The maximum absolute atomic E-state index is 11.4. The lowest BCUT2D eigenvalue weighted by Crippen LogP contribution is -2.01. The number of nitrogen functional groups attached to an aromatic ring is 1. The molecule has 0 fully saturated rings. The number of carbonyl (C=O) groups excluding carboxylic acids is 1. The SMILES string of the molecule is CS(C)(=O)=NC(=O)c1cccc(N)c1. The Morgan fingerprint density at radius 3 is 2.57 bits per heavy atom. The van der Waals surface area contributed by atoms with E-state index in [1.165, 1.54) is 18.6 Å². The van der Waals surface area contributed by atoms with Crippen molar-refractivity contribution in [2.45, 2.75) is 0 Å². The molecule has 2 N–H and O–H groups in total. The average Bonchev–Trinajstić information content (AvgIpc) is 2.01. The Kier molecular flexibility index (Phi) is 2.90. The molecule has 1 rings (SSSR count). The zero-order valence-corrected chi connectivity index (χ0v) is 8.88. The third-order valence-electron chi connectivity index (χ3n) is 1.44. The summed E-state index contributed by atoms with van der Waals surface area (Å²) in [6, 6.07) is 6.43. The molecule has 1 amide bonds. The molecule has 0 radical (unpaired) electrons. The molecule has 0 saturated heterocycles. The maximum Gasteiger partial charge on any atom is 0.285 e. The molecular formula is C9H12N2O2S. The van der Waals surface area contributed by atoms with Crippen LogP contribution < -0.4 is 5.73 Å². The Balaban J connectivity index is 3.09. The van der Waals surface area contributed by atoms with Crippen molar-refractivity contribution in [1.29, 1.82) is 0 Å². The Labute approximate surface area is 83.3 Å². The predicted molar refractivity (Wildman–Crippen MR) is 57.6 cm³/mol. The first-order valence-corrected chi connectivity index (χ1v) is 6.28. The molecule has 0 aliphatic rings. The predicted octanol–water partition coefficient (Wildman–Crippen LogP) is 1.14. The summed E-state index contributed by atoms with van der Waals surface area (Å²) in [5.41, 5.74) is 6.35. The van der Waals surface area contributed by atoms with E-state index in [0.29, 0.717) is 11.3 Å². The molecule has 0 unspecified atom stereocenters. The zero-order chi connectivity index (χ0) is 10.8. The summed E-state index contributed by atoms with van der Waals surface area (Å²) in [7, 11) is -2.40. The summed E-state index contributed by atoms with van der Waals surface area (Å²) in [5.74, 6) is -0.493. The minimum Gasteiger partial charge on any atom is -0.399 e. The van der Waals surface area contributed by atoms with Gasteiger partial charge < -0.3 is 5.73 Å². The molecule has 0 spiro atoms. The number of hydrogen-bond acceptors (Lipinski definition) is 3. The quantitative estimate of drug-likeness (QED) is 0.709. The van der Waals surface area contributed by atoms with E-state index < -0.39 is 15.6 Å². The van der Waals surface area contributed by atoms with Crippen molar-refractivity contribution < 1.29 is 9.00 Å². The average molecular weight is 212 g/mol. The molecule has 0 aliphatic carbocycles. The highest BCUT2D eigenvalue weighted by atomic mass is 32.2. The number of benzene rings is 1. The van der Waals surface area contributed by atoms with Gasteiger partial charge in [0.25, 0.3) is 5.91 Å². The summed E-state index contributed by atoms with van der Waals surface area (Å²) in [6.45, 7) is 0. The summed E-state index contributed by atoms with van der Waals surface area (Å²) >= 11 is 0. The number of nitrogens with zero attached hydrogens (tertiary/aromatic N) is 1. The van der Waals surface area contributed by atoms with E-state index in [0.717, 1.165) is 0 Å². The van der Waals surface area contributed by atoms with Crippen LogP contribution in [0.25, 0.3) is 0 Å². The Morgan fingerprint density at radius 2 is 2.07 bits per heavy atom. The minimum atomic E-state index is -2.40. The number of rotatable bonds is 1. The number of amides is 1. The standard InChI is InChI=1S/C9H12N2O2S/c1-14(2,13)11-9(12)7-4-3-5-8(10)6-7/h3-6H,10H2,1-2H3. The van der Waals surface area contributed by atoms with Crippen molar-refractivity contribution in [1.82, 2.24) is 0 Å². The molecule has 4 nitrogen and oxygen atoms in total. The van der Waals surface area contributed by atoms with E-state index in [4.69, 9.17) is 5.73 Å². The number of carbonyl (C=O) groups is 1. The van der Waals surface area contributed by atoms with Gasteiger partial charge in [-0.25, -0.2) is 4.21 Å². The zero-order valence-electron chi connectivity index (χ0n) is 8.06. The summed E-state index contributed by atoms with van der Waals surface area (Å²) in [6.07, 6.45) is 2.83. The molecule has 0 saturated carbocycles. The van der Waals surface area contributed by atoms with E-state index in [1.807, 2.05) is 0 Å². The van der Waals surface area contributed by atoms with E-state index in [2.05, 4.69) is 4.36 Å². The first kappa shape index (κ1) is 10.7. The first-order valence-electron chi connectivity index (χ1n) is 3.95. The molecule has 76 valence electrons. The second-order valence-electron chi connectivity index (χ2n) is 3.20. The number of nitrogens with two attached hydrogens (primary N) is 1. The topological polar surface area (TPSA) is 72.5 Å². The molecule has 14 heavy (non-hydrogen) atoms. The van der Waals surface area contributed by atoms with Crippen molar-refractivity contribution in [3.63, 3.8) is 0 Å². The first-order chi connectivity index (χ1) is 6.38. The van der Waals surface area contributed by atoms with Crippen LogP contribution in [0.4, 0.5) is 5.69 Å². The fourth-order valence-corrected chi connectivity index (χ4v) is 1.43. The van der Waals surface area contributed by atoms with Crippen molar-refractivity contribution in [3.8, 4) is 0 Å². The molecule has 0 aromatic heterocycles. The lowest BCUT2D eigenvalue weighted by Gasteiger charge is -1.98. The highest BCUT2D eigenvalue weighted by Gasteiger charge is 2.05. The highest BCUT2D eigenvalue weighted by molar-refractivity contribution is 7.92. The van der Waals surface area contributed by atoms with Gasteiger partial charge in [-0.2, -0.15) is 4.36 Å². The highest BCUT2D eigenvalue weighted by Crippen LogP contribution is 2.08. The van der Waals surface area contributed by atoms with Crippen molar-refractivity contribution in [2.24, 2.45) is 4.36 Å². The van der Waals surface area contributed by atoms with Crippen molar-refractivity contribution in [3.05, 3.63) is 29.8 Å². The molecular weight excluding hydrogens is 200 g/mol. The third-order valence-corrected chi connectivity index (χ3v) is 2.04. The van der Waals surface area contributed by atoms with Crippen LogP contribution in [0.15, 0.2) is 28.6 Å². The second kappa shape index (κ2) is 3.79. The van der Waals surface area contributed by atoms with E-state index in [-0.39, 0.29) is 0 Å². The van der Waals surface area contributed by atoms with Gasteiger partial charge in [0, 0.05) is 33.5 Å². The van der Waals surface area contributed by atoms with Crippen LogP contribution in [-0.2, 0) is 9.73 Å². The van der Waals surface area contributed by atoms with Gasteiger partial charge >= 0.3 is 0 Å². The molecule has 1 aromatic carbocycles. The van der Waals surface area contributed by atoms with Crippen molar-refractivity contribution in [2.75, 3.05) is 18.2 Å². The van der Waals surface area contributed by atoms with E-state index in [1.54, 1.807) is 18.2 Å². The fraction of sp³-hybridized carbons (Fsp3) is 0.222. The Hall–Kier alpha value is -1.36. The molecule has 5 heteroatoms. The van der Waals surface area contributed by atoms with Gasteiger partial charge in [0.15, 0.2) is 0 Å². The van der Waals surface area contributed by atoms with E-state index >= 15 is 0 Å². The van der Waals surface area contributed by atoms with Gasteiger partial charge in [-0.3, -0.25) is 4.79 Å². The Morgan fingerprint density at radius 1 is 1.43 bits per heavy atom. The molecule has 0 heterocycles. The molecule has 0 aliphatic heterocycles. The second-order valence-corrected chi connectivity index (χ2v) is 5.75. The van der Waals surface area contributed by atoms with Crippen LogP contribution in [0.5, 0.6) is 0 Å². The molecule has 0 atom stereocenters. The van der Waals surface area contributed by atoms with Gasteiger partial charge in [-0.15, -0.1) is 0 Å². The van der Waals surface area contributed by atoms with Crippen LogP contribution >= 0.6 is 0 Å². The van der Waals surface area contributed by atoms with Crippen LogP contribution in [0.2, 0.25) is 0 Å². The fourth-order valence-electron chi connectivity index (χ4n) is 0.924. The van der Waals surface area contributed by atoms with Gasteiger partial charge in [-0.05, 0) is 18.2 Å². The number of anilines is 1. The largest absolute Gasteiger partial charge is 0.399 e. The van der Waals surface area contributed by atoms with Crippen LogP contribution in [-0.4, -0.2) is 22.6 Å². The number of hydrogen-bond donors (Lipinski definition) is 1. The van der Waals surface area contributed by atoms with Gasteiger partial charge in [0.05, 0.1) is 0 Å². The summed E-state index contributed by atoms with van der Waals surface area (Å²) in [4.78, 5) is 11.4.